The van der Waals surface area contributed by atoms with Crippen LogP contribution in [0.2, 0.25) is 0 Å². The van der Waals surface area contributed by atoms with E-state index in [0.29, 0.717) is 23.7 Å². The molecule has 0 unspecified atom stereocenters. The molecule has 0 atom stereocenters. The summed E-state index contributed by atoms with van der Waals surface area (Å²) in [6.45, 7) is 2.34. The van der Waals surface area contributed by atoms with Crippen molar-refractivity contribution in [2.24, 2.45) is 5.10 Å². The van der Waals surface area contributed by atoms with Crippen LogP contribution in [-0.4, -0.2) is 21.8 Å². The molecule has 0 aliphatic rings. The number of nitrogens with one attached hydrogen (secondary N) is 2. The standard InChI is InChI=1S/C31H26N4O2/c1-22(24-15-17-26(18-16-24)25-11-6-3-7-12-25)32-35-31(36)30-20-29(33-34-30)27-13-8-14-28(19-27)37-21-23-9-4-2-5-10-23/h2-20H,21H2,1H3,(H,33,34)(H,35,36)/b32-22-. The molecule has 2 N–H and O–H groups in total. The summed E-state index contributed by atoms with van der Waals surface area (Å²) in [6.07, 6.45) is 0. The zero-order valence-electron chi connectivity index (χ0n) is 20.4. The summed E-state index contributed by atoms with van der Waals surface area (Å²) in [7, 11) is 0. The van der Waals surface area contributed by atoms with Crippen molar-refractivity contribution >= 4 is 11.6 Å². The van der Waals surface area contributed by atoms with Gasteiger partial charge in [-0.15, -0.1) is 0 Å². The van der Waals surface area contributed by atoms with Crippen molar-refractivity contribution in [2.75, 3.05) is 0 Å². The molecular weight excluding hydrogens is 460 g/mol. The van der Waals surface area contributed by atoms with Crippen LogP contribution >= 0.6 is 0 Å². The molecule has 37 heavy (non-hydrogen) atoms. The van der Waals surface area contributed by atoms with E-state index < -0.39 is 0 Å². The van der Waals surface area contributed by atoms with Gasteiger partial charge in [-0.05, 0) is 47.4 Å². The second-order valence-corrected chi connectivity index (χ2v) is 8.55. The van der Waals surface area contributed by atoms with E-state index in [2.05, 4.69) is 32.9 Å². The van der Waals surface area contributed by atoms with Crippen molar-refractivity contribution < 1.29 is 9.53 Å². The monoisotopic (exact) mass is 486 g/mol. The van der Waals surface area contributed by atoms with Gasteiger partial charge in [0.2, 0.25) is 0 Å². The van der Waals surface area contributed by atoms with Crippen molar-refractivity contribution in [3.05, 3.63) is 132 Å². The molecule has 5 aromatic rings. The first-order chi connectivity index (χ1) is 18.2. The van der Waals surface area contributed by atoms with Gasteiger partial charge in [0, 0.05) is 5.56 Å². The SMILES string of the molecule is C/C(=N/NC(=O)c1cc(-c2cccc(OCc3ccccc3)c2)n[nH]1)c1ccc(-c2ccccc2)cc1. The number of H-pyrrole nitrogens is 1. The fourth-order valence-electron chi connectivity index (χ4n) is 3.87. The Morgan fingerprint density at radius 1 is 0.811 bits per heavy atom. The van der Waals surface area contributed by atoms with E-state index in [1.54, 1.807) is 6.07 Å². The first kappa shape index (κ1) is 23.8. The Bertz CT molecular complexity index is 1510. The molecule has 0 bridgehead atoms. The number of hydrogen-bond donors (Lipinski definition) is 2. The number of amides is 1. The molecule has 0 saturated carbocycles. The summed E-state index contributed by atoms with van der Waals surface area (Å²) < 4.78 is 5.91. The summed E-state index contributed by atoms with van der Waals surface area (Å²) in [6, 6.07) is 37.6. The van der Waals surface area contributed by atoms with E-state index in [9.17, 15) is 4.79 Å². The van der Waals surface area contributed by atoms with Gasteiger partial charge in [-0.1, -0.05) is 97.1 Å². The van der Waals surface area contributed by atoms with Crippen molar-refractivity contribution in [2.45, 2.75) is 13.5 Å². The lowest BCUT2D eigenvalue weighted by Gasteiger charge is -2.07. The van der Waals surface area contributed by atoms with Crippen LogP contribution in [0.15, 0.2) is 120 Å². The first-order valence-corrected chi connectivity index (χ1v) is 12.0. The van der Waals surface area contributed by atoms with Gasteiger partial charge in [0.1, 0.15) is 18.1 Å². The molecule has 0 aliphatic heterocycles. The normalized spacial score (nSPS) is 11.2. The molecule has 0 radical (unpaired) electrons. The second-order valence-electron chi connectivity index (χ2n) is 8.55. The van der Waals surface area contributed by atoms with E-state index in [4.69, 9.17) is 4.74 Å². The number of rotatable bonds is 8. The molecular formula is C31H26N4O2. The van der Waals surface area contributed by atoms with Gasteiger partial charge in [0.05, 0.1) is 11.4 Å². The van der Waals surface area contributed by atoms with Gasteiger partial charge in [0.25, 0.3) is 5.91 Å². The topological polar surface area (TPSA) is 79.4 Å². The Labute approximate surface area is 215 Å². The van der Waals surface area contributed by atoms with E-state index in [1.165, 1.54) is 0 Å². The summed E-state index contributed by atoms with van der Waals surface area (Å²) in [4.78, 5) is 12.7. The molecule has 6 nitrogen and oxygen atoms in total. The maximum absolute atomic E-state index is 12.7. The third kappa shape index (κ3) is 6.00. The Morgan fingerprint density at radius 3 is 2.24 bits per heavy atom. The average molecular weight is 487 g/mol. The lowest BCUT2D eigenvalue weighted by molar-refractivity contribution is 0.0950. The quantitative estimate of drug-likeness (QED) is 0.195. The fraction of sp³-hybridized carbons (Fsp3) is 0.0645. The highest BCUT2D eigenvalue weighted by molar-refractivity contribution is 6.01. The molecule has 0 fully saturated rings. The minimum absolute atomic E-state index is 0.321. The number of benzene rings is 4. The zero-order valence-corrected chi connectivity index (χ0v) is 20.4. The first-order valence-electron chi connectivity index (χ1n) is 12.0. The lowest BCUT2D eigenvalue weighted by Crippen LogP contribution is -2.19. The van der Waals surface area contributed by atoms with Gasteiger partial charge >= 0.3 is 0 Å². The van der Waals surface area contributed by atoms with Crippen LogP contribution < -0.4 is 10.2 Å². The maximum atomic E-state index is 12.7. The molecule has 182 valence electrons. The van der Waals surface area contributed by atoms with Crippen molar-refractivity contribution in [1.82, 2.24) is 15.6 Å². The van der Waals surface area contributed by atoms with Crippen LogP contribution in [0.1, 0.15) is 28.5 Å². The van der Waals surface area contributed by atoms with Gasteiger partial charge in [-0.3, -0.25) is 9.89 Å². The maximum Gasteiger partial charge on any atom is 0.289 e. The minimum atomic E-state index is -0.365. The van der Waals surface area contributed by atoms with Crippen LogP contribution in [0.3, 0.4) is 0 Å². The Kier molecular flexibility index (Phi) is 7.18. The fourth-order valence-corrected chi connectivity index (χ4v) is 3.87. The molecule has 6 heteroatoms. The summed E-state index contributed by atoms with van der Waals surface area (Å²) >= 11 is 0. The number of hydrogen-bond acceptors (Lipinski definition) is 4. The van der Waals surface area contributed by atoms with Crippen LogP contribution in [-0.2, 0) is 6.61 Å². The molecule has 0 spiro atoms. The number of hydrazone groups is 1. The minimum Gasteiger partial charge on any atom is -0.489 e. The van der Waals surface area contributed by atoms with Gasteiger partial charge in [0.15, 0.2) is 0 Å². The predicted octanol–water partition coefficient (Wildman–Crippen LogP) is 6.48. The Balaban J connectivity index is 1.21. The third-order valence-electron chi connectivity index (χ3n) is 5.94. The third-order valence-corrected chi connectivity index (χ3v) is 5.94. The van der Waals surface area contributed by atoms with E-state index in [0.717, 1.165) is 33.6 Å². The summed E-state index contributed by atoms with van der Waals surface area (Å²) in [5.41, 5.74) is 9.43. The van der Waals surface area contributed by atoms with E-state index >= 15 is 0 Å². The van der Waals surface area contributed by atoms with Gasteiger partial charge < -0.3 is 4.74 Å². The van der Waals surface area contributed by atoms with Crippen LogP contribution in [0.25, 0.3) is 22.4 Å². The summed E-state index contributed by atoms with van der Waals surface area (Å²) in [5, 5.41) is 11.4. The van der Waals surface area contributed by atoms with Crippen molar-refractivity contribution in [3.63, 3.8) is 0 Å². The number of aromatic nitrogens is 2. The molecule has 1 heterocycles. The smallest absolute Gasteiger partial charge is 0.289 e. The molecule has 4 aromatic carbocycles. The predicted molar refractivity (Wildman–Crippen MR) is 146 cm³/mol. The molecule has 0 aliphatic carbocycles. The number of aromatic amines is 1. The molecule has 1 amide bonds. The number of carbonyl (C=O) groups excluding carboxylic acids is 1. The highest BCUT2D eigenvalue weighted by atomic mass is 16.5. The van der Waals surface area contributed by atoms with Crippen LogP contribution in [0.5, 0.6) is 5.75 Å². The van der Waals surface area contributed by atoms with E-state index in [1.807, 2.05) is 104 Å². The zero-order chi connectivity index (χ0) is 25.5. The van der Waals surface area contributed by atoms with Crippen LogP contribution in [0, 0.1) is 0 Å². The molecule has 5 rings (SSSR count). The van der Waals surface area contributed by atoms with E-state index in [-0.39, 0.29) is 5.91 Å². The summed E-state index contributed by atoms with van der Waals surface area (Å²) in [5.74, 6) is 0.365. The second kappa shape index (κ2) is 11.2. The molecule has 1 aromatic heterocycles. The van der Waals surface area contributed by atoms with Crippen molar-refractivity contribution in [1.29, 1.82) is 0 Å². The van der Waals surface area contributed by atoms with Crippen LogP contribution in [0.4, 0.5) is 0 Å². The average Bonchev–Trinajstić information content (AvgIpc) is 3.47. The Hall–Kier alpha value is -4.97. The van der Waals surface area contributed by atoms with Crippen molar-refractivity contribution in [3.8, 4) is 28.1 Å². The highest BCUT2D eigenvalue weighted by Crippen LogP contribution is 2.24. The Morgan fingerprint density at radius 2 is 1.49 bits per heavy atom. The molecule has 0 saturated heterocycles. The number of nitrogens with zero attached hydrogens (tertiary/aromatic N) is 2. The number of carbonyl (C=O) groups is 1. The van der Waals surface area contributed by atoms with Gasteiger partial charge in [-0.25, -0.2) is 5.43 Å². The highest BCUT2D eigenvalue weighted by Gasteiger charge is 2.12. The van der Waals surface area contributed by atoms with Gasteiger partial charge in [-0.2, -0.15) is 10.2 Å². The number of ether oxygens (including phenoxy) is 1. The lowest BCUT2D eigenvalue weighted by atomic mass is 10.0. The largest absolute Gasteiger partial charge is 0.489 e.